The van der Waals surface area contributed by atoms with Gasteiger partial charge in [-0.3, -0.25) is 0 Å². The lowest BCUT2D eigenvalue weighted by Gasteiger charge is -2.13. The van der Waals surface area contributed by atoms with Gasteiger partial charge in [0.15, 0.2) is 0 Å². The molecule has 0 bridgehead atoms. The molecule has 0 aromatic heterocycles. The van der Waals surface area contributed by atoms with Crippen LogP contribution >= 0.6 is 27.5 Å². The van der Waals surface area contributed by atoms with Gasteiger partial charge in [0.05, 0.1) is 4.47 Å². The zero-order valence-electron chi connectivity index (χ0n) is 10.9. The molecule has 2 rings (SSSR count). The number of nitrogens with two attached hydrogens (primary N) is 1. The van der Waals surface area contributed by atoms with Crippen molar-refractivity contribution >= 4 is 27.5 Å². The molecule has 106 valence electrons. The summed E-state index contributed by atoms with van der Waals surface area (Å²) in [5.74, 6) is 0.633. The molecule has 0 radical (unpaired) electrons. The molecule has 0 amide bonds. The molecular formula is C15H14BrClFNO. The summed E-state index contributed by atoms with van der Waals surface area (Å²) >= 11 is 9.09. The molecular weight excluding hydrogens is 345 g/mol. The van der Waals surface area contributed by atoms with E-state index in [0.717, 1.165) is 5.56 Å². The van der Waals surface area contributed by atoms with E-state index in [1.54, 1.807) is 24.3 Å². The molecule has 0 aliphatic rings. The van der Waals surface area contributed by atoms with Crippen LogP contribution in [-0.2, 0) is 6.42 Å². The number of ether oxygens (including phenoxy) is 1. The van der Waals surface area contributed by atoms with Gasteiger partial charge in [0.2, 0.25) is 0 Å². The van der Waals surface area contributed by atoms with Gasteiger partial charge in [-0.15, -0.1) is 0 Å². The highest BCUT2D eigenvalue weighted by Gasteiger charge is 2.09. The van der Waals surface area contributed by atoms with Crippen molar-refractivity contribution in [2.24, 2.45) is 5.73 Å². The van der Waals surface area contributed by atoms with Gasteiger partial charge >= 0.3 is 0 Å². The lowest BCUT2D eigenvalue weighted by atomic mass is 10.1. The summed E-state index contributed by atoms with van der Waals surface area (Å²) in [5.41, 5.74) is 6.75. The van der Waals surface area contributed by atoms with Crippen LogP contribution in [0.5, 0.6) is 11.5 Å². The summed E-state index contributed by atoms with van der Waals surface area (Å²) < 4.78 is 19.6. The minimum atomic E-state index is -0.377. The lowest BCUT2D eigenvalue weighted by molar-refractivity contribution is 0.468. The minimum Gasteiger partial charge on any atom is -0.457 e. The first-order valence-corrected chi connectivity index (χ1v) is 7.29. The molecule has 0 heterocycles. The molecule has 1 atom stereocenters. The lowest BCUT2D eigenvalue weighted by Crippen LogP contribution is -2.18. The first-order valence-electron chi connectivity index (χ1n) is 6.12. The Morgan fingerprint density at radius 3 is 2.70 bits per heavy atom. The van der Waals surface area contributed by atoms with Crippen LogP contribution < -0.4 is 10.5 Å². The van der Waals surface area contributed by atoms with E-state index in [0.29, 0.717) is 27.4 Å². The Balaban J connectivity index is 2.31. The normalized spacial score (nSPS) is 12.2. The predicted molar refractivity (Wildman–Crippen MR) is 83.0 cm³/mol. The maximum absolute atomic E-state index is 13.5. The van der Waals surface area contributed by atoms with E-state index >= 15 is 0 Å². The largest absolute Gasteiger partial charge is 0.457 e. The van der Waals surface area contributed by atoms with Crippen molar-refractivity contribution in [3.8, 4) is 11.5 Å². The Kier molecular flexibility index (Phi) is 5.02. The Morgan fingerprint density at radius 1 is 1.30 bits per heavy atom. The van der Waals surface area contributed by atoms with Gasteiger partial charge in [-0.1, -0.05) is 17.7 Å². The average Bonchev–Trinajstić information content (AvgIpc) is 2.37. The molecule has 2 aromatic rings. The van der Waals surface area contributed by atoms with Gasteiger partial charge in [0.25, 0.3) is 0 Å². The van der Waals surface area contributed by atoms with Gasteiger partial charge in [0, 0.05) is 17.1 Å². The fraction of sp³-hybridized carbons (Fsp3) is 0.200. The molecule has 1 unspecified atom stereocenters. The summed E-state index contributed by atoms with van der Waals surface area (Å²) in [4.78, 5) is 0. The highest BCUT2D eigenvalue weighted by atomic mass is 79.9. The zero-order valence-corrected chi connectivity index (χ0v) is 13.2. The molecule has 2 aromatic carbocycles. The number of halogens is 3. The Hall–Kier alpha value is -1.10. The maximum atomic E-state index is 13.5. The number of hydrogen-bond donors (Lipinski definition) is 1. The van der Waals surface area contributed by atoms with Crippen LogP contribution in [0.3, 0.4) is 0 Å². The van der Waals surface area contributed by atoms with E-state index in [4.69, 9.17) is 22.1 Å². The van der Waals surface area contributed by atoms with Gasteiger partial charge < -0.3 is 10.5 Å². The van der Waals surface area contributed by atoms with Crippen LogP contribution in [0.25, 0.3) is 0 Å². The highest BCUT2D eigenvalue weighted by molar-refractivity contribution is 9.10. The second kappa shape index (κ2) is 6.57. The summed E-state index contributed by atoms with van der Waals surface area (Å²) in [7, 11) is 0. The van der Waals surface area contributed by atoms with Crippen molar-refractivity contribution in [3.63, 3.8) is 0 Å². The molecule has 0 saturated heterocycles. The van der Waals surface area contributed by atoms with Crippen molar-refractivity contribution in [2.45, 2.75) is 19.4 Å². The SMILES string of the molecule is CC(N)Cc1ccc(Cl)cc1Oc1ccc(Br)c(F)c1. The third-order valence-corrected chi connectivity index (χ3v) is 3.57. The van der Waals surface area contributed by atoms with Crippen molar-refractivity contribution in [1.29, 1.82) is 0 Å². The summed E-state index contributed by atoms with van der Waals surface area (Å²) in [6.45, 7) is 1.91. The Bertz CT molecular complexity index is 619. The highest BCUT2D eigenvalue weighted by Crippen LogP contribution is 2.30. The van der Waals surface area contributed by atoms with Crippen molar-refractivity contribution in [1.82, 2.24) is 0 Å². The number of benzene rings is 2. The third-order valence-electron chi connectivity index (χ3n) is 2.69. The van der Waals surface area contributed by atoms with Crippen LogP contribution in [0, 0.1) is 5.82 Å². The minimum absolute atomic E-state index is 0.000166. The van der Waals surface area contributed by atoms with E-state index < -0.39 is 0 Å². The van der Waals surface area contributed by atoms with Gasteiger partial charge in [0.1, 0.15) is 17.3 Å². The smallest absolute Gasteiger partial charge is 0.141 e. The van der Waals surface area contributed by atoms with E-state index in [2.05, 4.69) is 15.9 Å². The third kappa shape index (κ3) is 3.95. The van der Waals surface area contributed by atoms with Crippen molar-refractivity contribution < 1.29 is 9.13 Å². The van der Waals surface area contributed by atoms with Gasteiger partial charge in [-0.25, -0.2) is 4.39 Å². The van der Waals surface area contributed by atoms with Gasteiger partial charge in [-0.05, 0) is 59.1 Å². The maximum Gasteiger partial charge on any atom is 0.141 e. The molecule has 0 spiro atoms. The fourth-order valence-electron chi connectivity index (χ4n) is 1.81. The fourth-order valence-corrected chi connectivity index (χ4v) is 2.21. The summed E-state index contributed by atoms with van der Waals surface area (Å²) in [5, 5.41) is 0.561. The van der Waals surface area contributed by atoms with E-state index in [-0.39, 0.29) is 11.9 Å². The predicted octanol–water partition coefficient (Wildman–Crippen LogP) is 4.92. The molecule has 0 aliphatic carbocycles. The standard InChI is InChI=1S/C15H14BrClFNO/c1-9(19)6-10-2-3-11(17)7-15(10)20-12-4-5-13(16)14(18)8-12/h2-5,7-9H,6,19H2,1H3. The zero-order chi connectivity index (χ0) is 14.7. The Morgan fingerprint density at radius 2 is 2.05 bits per heavy atom. The summed E-state index contributed by atoms with van der Waals surface area (Å²) in [6.07, 6.45) is 0.658. The molecule has 0 aliphatic heterocycles. The molecule has 2 nitrogen and oxygen atoms in total. The van der Waals surface area contributed by atoms with Crippen LogP contribution in [0.1, 0.15) is 12.5 Å². The van der Waals surface area contributed by atoms with Crippen molar-refractivity contribution in [3.05, 3.63) is 57.3 Å². The van der Waals surface area contributed by atoms with E-state index in [1.165, 1.54) is 6.07 Å². The van der Waals surface area contributed by atoms with E-state index in [9.17, 15) is 4.39 Å². The number of hydrogen-bond acceptors (Lipinski definition) is 2. The second-order valence-corrected chi connectivity index (χ2v) is 5.90. The topological polar surface area (TPSA) is 35.2 Å². The van der Waals surface area contributed by atoms with Crippen LogP contribution in [-0.4, -0.2) is 6.04 Å². The quantitative estimate of drug-likeness (QED) is 0.841. The van der Waals surface area contributed by atoms with Crippen LogP contribution in [0.4, 0.5) is 4.39 Å². The molecule has 0 saturated carbocycles. The van der Waals surface area contributed by atoms with Crippen LogP contribution in [0.2, 0.25) is 5.02 Å². The second-order valence-electron chi connectivity index (χ2n) is 4.61. The average molecular weight is 359 g/mol. The summed E-state index contributed by atoms with van der Waals surface area (Å²) in [6, 6.07) is 9.97. The van der Waals surface area contributed by atoms with E-state index in [1.807, 2.05) is 13.0 Å². The van der Waals surface area contributed by atoms with Crippen LogP contribution in [0.15, 0.2) is 40.9 Å². The van der Waals surface area contributed by atoms with Gasteiger partial charge in [-0.2, -0.15) is 0 Å². The first-order chi connectivity index (χ1) is 9.45. The molecule has 20 heavy (non-hydrogen) atoms. The Labute approximate surface area is 130 Å². The first kappa shape index (κ1) is 15.3. The number of rotatable bonds is 4. The van der Waals surface area contributed by atoms with Crippen molar-refractivity contribution in [2.75, 3.05) is 0 Å². The molecule has 2 N–H and O–H groups in total. The molecule has 5 heteroatoms. The molecule has 0 fully saturated rings. The monoisotopic (exact) mass is 357 g/mol.